The van der Waals surface area contributed by atoms with Gasteiger partial charge in [0.25, 0.3) is 0 Å². The van der Waals surface area contributed by atoms with E-state index in [1.165, 1.54) is 35.3 Å². The number of ether oxygens (including phenoxy) is 1. The normalized spacial score (nSPS) is 15.4. The molecule has 3 aromatic carbocycles. The number of rotatable bonds is 5. The second-order valence-corrected chi connectivity index (χ2v) is 13.7. The van der Waals surface area contributed by atoms with Crippen molar-refractivity contribution in [3.8, 4) is 0 Å². The number of nitrogens with two attached hydrogens (primary N) is 1. The van der Waals surface area contributed by atoms with E-state index in [0.717, 1.165) is 17.1 Å². The van der Waals surface area contributed by atoms with Crippen molar-refractivity contribution < 1.29 is 36.4 Å². The molecule has 1 aliphatic rings. The Balaban J connectivity index is 0.000000205. The molecule has 1 aromatic heterocycles. The maximum atomic E-state index is 12.0. The summed E-state index contributed by atoms with van der Waals surface area (Å²) in [5, 5.41) is 2.70. The number of furan rings is 1. The van der Waals surface area contributed by atoms with Crippen LogP contribution in [-0.2, 0) is 37.0 Å². The van der Waals surface area contributed by atoms with Crippen LogP contribution in [0.15, 0.2) is 76.0 Å². The number of alkyl halides is 3. The summed E-state index contributed by atoms with van der Waals surface area (Å²) in [6.07, 6.45) is -2.28. The molecule has 0 saturated carbocycles. The van der Waals surface area contributed by atoms with Crippen LogP contribution in [0, 0.1) is 13.8 Å². The van der Waals surface area contributed by atoms with Gasteiger partial charge >= 0.3 is 19.3 Å². The van der Waals surface area contributed by atoms with Crippen LogP contribution in [0.1, 0.15) is 69.8 Å². The van der Waals surface area contributed by atoms with Crippen molar-refractivity contribution in [2.75, 3.05) is 13.4 Å². The van der Waals surface area contributed by atoms with Gasteiger partial charge in [0.2, 0.25) is 5.76 Å². The number of halogens is 3. The summed E-state index contributed by atoms with van der Waals surface area (Å²) >= 11 is 1.82. The predicted octanol–water partition coefficient (Wildman–Crippen LogP) is 8.37. The summed E-state index contributed by atoms with van der Waals surface area (Å²) in [4.78, 5) is 13.4. The zero-order chi connectivity index (χ0) is 35.4. The summed E-state index contributed by atoms with van der Waals surface area (Å²) in [5.74, 6) is -1.07. The molecule has 0 unspecified atom stereocenters. The predicted molar refractivity (Wildman–Crippen MR) is 184 cm³/mol. The van der Waals surface area contributed by atoms with Crippen LogP contribution in [-0.4, -0.2) is 37.7 Å². The van der Waals surface area contributed by atoms with Crippen LogP contribution >= 0.6 is 11.8 Å². The highest BCUT2D eigenvalue weighted by Crippen LogP contribution is 2.37. The van der Waals surface area contributed by atoms with Crippen LogP contribution in [0.2, 0.25) is 0 Å². The summed E-state index contributed by atoms with van der Waals surface area (Å²) in [7, 11) is 0.973. The third kappa shape index (κ3) is 8.82. The molecular weight excluding hydrogens is 626 g/mol. The number of benzene rings is 3. The van der Waals surface area contributed by atoms with Gasteiger partial charge in [-0.05, 0) is 101 Å². The number of hydrogen-bond acceptors (Lipinski definition) is 7. The van der Waals surface area contributed by atoms with Gasteiger partial charge in [-0.2, -0.15) is 13.2 Å². The quantitative estimate of drug-likeness (QED) is 0.130. The third-order valence-electron chi connectivity index (χ3n) is 8.60. The van der Waals surface area contributed by atoms with E-state index in [0.29, 0.717) is 5.56 Å². The van der Waals surface area contributed by atoms with Crippen molar-refractivity contribution in [2.45, 2.75) is 89.6 Å². The molecule has 0 amide bonds. The van der Waals surface area contributed by atoms with Crippen molar-refractivity contribution in [3.63, 3.8) is 0 Å². The number of esters is 1. The van der Waals surface area contributed by atoms with Crippen molar-refractivity contribution in [2.24, 2.45) is 5.73 Å². The van der Waals surface area contributed by atoms with Gasteiger partial charge in [-0.1, -0.05) is 60.7 Å². The smallest absolute Gasteiger partial charge is 0.468 e. The molecule has 1 aliphatic heterocycles. The maximum absolute atomic E-state index is 12.0. The van der Waals surface area contributed by atoms with Gasteiger partial charge in [-0.15, -0.1) is 11.8 Å². The SMILES string of the molecule is COC(=O)C(C)(C)c1cccc(B2OC(C)(C)C(C)(C)O2)c1.CSc1c(C)ccc2ccccc12.Cc1cc(C(F)(F)F)oc1CN. The van der Waals surface area contributed by atoms with Crippen LogP contribution in [0.4, 0.5) is 13.2 Å². The van der Waals surface area contributed by atoms with E-state index in [-0.39, 0.29) is 29.5 Å². The first-order valence-corrected chi connectivity index (χ1v) is 16.4. The van der Waals surface area contributed by atoms with Crippen molar-refractivity contribution in [3.05, 3.63) is 94.9 Å². The Bertz CT molecular complexity index is 1670. The number of methoxy groups -OCH3 is 1. The molecule has 11 heteroatoms. The Morgan fingerprint density at radius 1 is 0.915 bits per heavy atom. The van der Waals surface area contributed by atoms with Gasteiger partial charge < -0.3 is 24.2 Å². The van der Waals surface area contributed by atoms with E-state index in [9.17, 15) is 18.0 Å². The van der Waals surface area contributed by atoms with Crippen LogP contribution in [0.25, 0.3) is 10.8 Å². The summed E-state index contributed by atoms with van der Waals surface area (Å²) < 4.78 is 57.5. The van der Waals surface area contributed by atoms with Gasteiger partial charge in [0.1, 0.15) is 5.76 Å². The monoisotopic (exact) mass is 671 g/mol. The first kappa shape index (κ1) is 38.2. The Morgan fingerprint density at radius 3 is 2.04 bits per heavy atom. The number of thioether (sulfide) groups is 1. The van der Waals surface area contributed by atoms with Crippen molar-refractivity contribution in [1.82, 2.24) is 0 Å². The van der Waals surface area contributed by atoms with Gasteiger partial charge in [0.05, 0.1) is 30.3 Å². The standard InChI is InChI=1S/C17H25BO4.C12H12S.C7H8F3NO/c1-15(2,14(19)20-7)12-9-8-10-13(11-12)18-21-16(3,4)17(5,6)22-18;1-9-7-8-10-5-3-4-6-11(10)12(9)13-2;1-4-2-6(7(8,9)10)12-5(4)3-11/h8-11H,1-7H3;3-8H,1-2H3;2H,3,11H2,1H3. The fourth-order valence-corrected chi connectivity index (χ4v) is 5.71. The zero-order valence-corrected chi connectivity index (χ0v) is 29.6. The Labute approximate surface area is 280 Å². The summed E-state index contributed by atoms with van der Waals surface area (Å²) in [5.41, 5.74) is 7.26. The Kier molecular flexibility index (Phi) is 12.1. The van der Waals surface area contributed by atoms with E-state index >= 15 is 0 Å². The van der Waals surface area contributed by atoms with Crippen molar-refractivity contribution in [1.29, 1.82) is 0 Å². The minimum Gasteiger partial charge on any atom is -0.468 e. The van der Waals surface area contributed by atoms with Gasteiger partial charge in [-0.3, -0.25) is 4.79 Å². The minimum absolute atomic E-state index is 0.0120. The van der Waals surface area contributed by atoms with E-state index in [2.05, 4.69) is 54.0 Å². The lowest BCUT2D eigenvalue weighted by Crippen LogP contribution is -2.41. The van der Waals surface area contributed by atoms with E-state index in [4.69, 9.17) is 19.8 Å². The maximum Gasteiger partial charge on any atom is 0.494 e. The molecule has 47 heavy (non-hydrogen) atoms. The van der Waals surface area contributed by atoms with Gasteiger partial charge in [0.15, 0.2) is 0 Å². The van der Waals surface area contributed by atoms with E-state index in [1.54, 1.807) is 0 Å². The fourth-order valence-electron chi connectivity index (χ4n) is 4.91. The summed E-state index contributed by atoms with van der Waals surface area (Å²) in [6, 6.07) is 21.6. The minimum atomic E-state index is -4.42. The van der Waals surface area contributed by atoms with Gasteiger partial charge in [0, 0.05) is 4.90 Å². The molecule has 5 rings (SSSR count). The van der Waals surface area contributed by atoms with E-state index in [1.807, 2.05) is 77.6 Å². The van der Waals surface area contributed by atoms with E-state index < -0.39 is 24.5 Å². The molecule has 0 atom stereocenters. The molecule has 2 N–H and O–H groups in total. The molecule has 0 aliphatic carbocycles. The van der Waals surface area contributed by atoms with Crippen LogP contribution in [0.5, 0.6) is 0 Å². The number of aryl methyl sites for hydroxylation is 2. The Morgan fingerprint density at radius 2 is 1.53 bits per heavy atom. The highest BCUT2D eigenvalue weighted by molar-refractivity contribution is 7.98. The fraction of sp³-hybridized carbons (Fsp3) is 0.417. The van der Waals surface area contributed by atoms with Crippen LogP contribution < -0.4 is 11.2 Å². The summed E-state index contributed by atoms with van der Waals surface area (Å²) in [6.45, 7) is 15.5. The average Bonchev–Trinajstić information content (AvgIpc) is 3.51. The molecule has 2 heterocycles. The highest BCUT2D eigenvalue weighted by Gasteiger charge is 2.52. The zero-order valence-electron chi connectivity index (χ0n) is 28.8. The molecule has 0 radical (unpaired) electrons. The second kappa shape index (κ2) is 14.9. The molecule has 6 nitrogen and oxygen atoms in total. The molecule has 0 bridgehead atoms. The van der Waals surface area contributed by atoms with Crippen LogP contribution in [0.3, 0.4) is 0 Å². The topological polar surface area (TPSA) is 83.9 Å². The molecular formula is C36H45BF3NO5S. The first-order valence-electron chi connectivity index (χ1n) is 15.2. The first-order chi connectivity index (χ1) is 21.8. The lowest BCUT2D eigenvalue weighted by Gasteiger charge is -2.32. The average molecular weight is 672 g/mol. The molecule has 0 spiro atoms. The lowest BCUT2D eigenvalue weighted by atomic mass is 9.75. The molecule has 254 valence electrons. The van der Waals surface area contributed by atoms with Crippen molar-refractivity contribution >= 4 is 41.1 Å². The number of carbonyl (C=O) groups excluding carboxylic acids is 1. The number of fused-ring (bicyclic) bond motifs is 1. The third-order valence-corrected chi connectivity index (χ3v) is 9.55. The number of carbonyl (C=O) groups is 1. The molecule has 4 aromatic rings. The molecule has 1 saturated heterocycles. The lowest BCUT2D eigenvalue weighted by molar-refractivity contribution is -0.153. The largest absolute Gasteiger partial charge is 0.494 e. The number of hydrogen-bond donors (Lipinski definition) is 1. The highest BCUT2D eigenvalue weighted by atomic mass is 32.2. The molecule has 1 fully saturated rings. The van der Waals surface area contributed by atoms with Gasteiger partial charge in [-0.25, -0.2) is 0 Å². The Hall–Kier alpha value is -3.25. The second-order valence-electron chi connectivity index (χ2n) is 12.9.